The van der Waals surface area contributed by atoms with E-state index in [1.807, 2.05) is 58.0 Å². The van der Waals surface area contributed by atoms with Gasteiger partial charge in [0, 0.05) is 29.9 Å². The van der Waals surface area contributed by atoms with Crippen molar-refractivity contribution in [2.75, 3.05) is 7.11 Å². The van der Waals surface area contributed by atoms with Crippen LogP contribution >= 0.6 is 0 Å². The maximum atomic E-state index is 13.1. The minimum absolute atomic E-state index is 0.00431. The largest absolute Gasteiger partial charge is 0.507 e. The first-order valence-corrected chi connectivity index (χ1v) is 23.1. The fraction of sp³-hybridized carbons (Fsp3) is 0.556. The molecule has 4 aliphatic carbocycles. The molecule has 7 unspecified atom stereocenters. The number of phenols is 3. The molecule has 0 bridgehead atoms. The Morgan fingerprint density at radius 2 is 1.55 bits per heavy atom. The predicted octanol–water partition coefficient (Wildman–Crippen LogP) is 10.7. The third kappa shape index (κ3) is 6.99. The molecule has 2 aliphatic heterocycles. The zero-order valence-electron chi connectivity index (χ0n) is 39.6. The van der Waals surface area contributed by atoms with Gasteiger partial charge in [-0.15, -0.1) is 0 Å². The van der Waals surface area contributed by atoms with Crippen LogP contribution in [-0.4, -0.2) is 61.7 Å². The van der Waals surface area contributed by atoms with Gasteiger partial charge in [-0.05, 0) is 168 Å². The van der Waals surface area contributed by atoms with Gasteiger partial charge in [-0.1, -0.05) is 45.4 Å². The molecule has 6 aliphatic rings. The molecule has 3 fully saturated rings. The summed E-state index contributed by atoms with van der Waals surface area (Å²) in [6.45, 7) is 21.0. The summed E-state index contributed by atoms with van der Waals surface area (Å²) < 4.78 is 17.4. The van der Waals surface area contributed by atoms with Crippen LogP contribution in [0.1, 0.15) is 151 Å². The van der Waals surface area contributed by atoms with Gasteiger partial charge in [-0.3, -0.25) is 9.59 Å². The smallest absolute Gasteiger partial charge is 0.309 e. The normalized spacial score (nSPS) is 32.5. The third-order valence-electron chi connectivity index (χ3n) is 17.5. The average Bonchev–Trinajstić information content (AvgIpc) is 3.22. The summed E-state index contributed by atoms with van der Waals surface area (Å²) in [5.41, 5.74) is 5.22. The Labute approximate surface area is 378 Å². The van der Waals surface area contributed by atoms with Crippen molar-refractivity contribution in [2.45, 2.75) is 156 Å². The van der Waals surface area contributed by atoms with Crippen molar-refractivity contribution >= 4 is 17.8 Å². The lowest BCUT2D eigenvalue weighted by atomic mass is 9.34. The summed E-state index contributed by atoms with van der Waals surface area (Å²) in [5, 5.41) is 51.7. The van der Waals surface area contributed by atoms with Gasteiger partial charge in [-0.2, -0.15) is 0 Å². The number of methoxy groups -OCH3 is 1. The molecule has 7 atom stereocenters. The van der Waals surface area contributed by atoms with Gasteiger partial charge in [0.15, 0.2) is 17.3 Å². The number of aliphatic hydroxyl groups is 1. The summed E-state index contributed by atoms with van der Waals surface area (Å²) in [5.74, 6) is 1.09. The van der Waals surface area contributed by atoms with Crippen LogP contribution < -0.4 is 14.2 Å². The highest BCUT2D eigenvalue weighted by atomic mass is 16.5. The second kappa shape index (κ2) is 15.0. The van der Waals surface area contributed by atoms with Crippen LogP contribution in [0.15, 0.2) is 48.1 Å². The van der Waals surface area contributed by atoms with Gasteiger partial charge in [0.05, 0.1) is 29.8 Å². The molecule has 9 rings (SSSR count). The van der Waals surface area contributed by atoms with Crippen molar-refractivity contribution < 1.29 is 49.3 Å². The monoisotopic (exact) mass is 876 g/mol. The fourth-order valence-electron chi connectivity index (χ4n) is 12.9. The zero-order chi connectivity index (χ0) is 46.7. The molecule has 10 heteroatoms. The number of Topliss-reactive ketones (excluding diaryl/α,β-unsaturated/α-hetero) is 1. The Morgan fingerprint density at radius 1 is 0.844 bits per heavy atom. The molecule has 344 valence electrons. The van der Waals surface area contributed by atoms with Crippen LogP contribution in [0.2, 0.25) is 0 Å². The molecule has 0 radical (unpaired) electrons. The number of benzene rings is 3. The van der Waals surface area contributed by atoms with Gasteiger partial charge in [0.1, 0.15) is 34.2 Å². The molecular weight excluding hydrogens is 809 g/mol. The van der Waals surface area contributed by atoms with Gasteiger partial charge in [-0.25, -0.2) is 0 Å². The Morgan fingerprint density at radius 3 is 2.23 bits per heavy atom. The molecule has 3 aromatic carbocycles. The van der Waals surface area contributed by atoms with Crippen LogP contribution in [0, 0.1) is 34.5 Å². The average molecular weight is 877 g/mol. The molecule has 0 saturated heterocycles. The highest BCUT2D eigenvalue weighted by Gasteiger charge is 2.67. The number of phenolic OH excluding ortho intramolecular Hbond substituents is 3. The van der Waals surface area contributed by atoms with Crippen LogP contribution in [0.25, 0.3) is 6.08 Å². The first-order valence-electron chi connectivity index (χ1n) is 23.1. The number of ether oxygens (including phenoxy) is 3. The summed E-state index contributed by atoms with van der Waals surface area (Å²) in [7, 11) is 1.56. The number of rotatable bonds is 5. The van der Waals surface area contributed by atoms with E-state index >= 15 is 0 Å². The second-order valence-corrected chi connectivity index (χ2v) is 22.3. The Kier molecular flexibility index (Phi) is 10.7. The first kappa shape index (κ1) is 45.6. The highest BCUT2D eigenvalue weighted by molar-refractivity contribution is 6.01. The minimum Gasteiger partial charge on any atom is -0.507 e. The fourth-order valence-corrected chi connectivity index (χ4v) is 12.9. The van der Waals surface area contributed by atoms with Crippen molar-refractivity contribution in [1.82, 2.24) is 0 Å². The molecule has 3 aromatic rings. The van der Waals surface area contributed by atoms with E-state index in [2.05, 4.69) is 33.8 Å². The van der Waals surface area contributed by atoms with E-state index in [1.165, 1.54) is 17.2 Å². The van der Waals surface area contributed by atoms with Crippen LogP contribution in [0.5, 0.6) is 34.5 Å². The summed E-state index contributed by atoms with van der Waals surface area (Å²) in [6.07, 6.45) is 13.6. The number of allylic oxidation sites excluding steroid dienone is 2. The quantitative estimate of drug-likeness (QED) is 0.0947. The van der Waals surface area contributed by atoms with E-state index in [9.17, 15) is 35.1 Å². The number of carboxylic acid groups (broad SMARTS) is 1. The number of aliphatic hydroxyl groups excluding tert-OH is 1. The standard InChI is InChI=1S/C29H40O4.C25H28O6/c1-17-18-7-8-21-27(4,19(18)15-20(30)23(17)31)12-14-29(6)22-16-26(3,24(32)33)10-9-25(22,2)11-13-28(21,29)5;1-24(2)9-8-16-20(30-24)7-6-14(23(16)29-5)11-18(26)17-10-15-12-22(28)25(3,4)31-21(15)13-19(17)27/h8,15,22,30-31H,7,9-14,16H2,1-6H3,(H,32,33);6-10,13,22,27-28H,11-12H2,1-5H3. The predicted molar refractivity (Wildman–Crippen MR) is 247 cm³/mol. The van der Waals surface area contributed by atoms with Gasteiger partial charge in [0.2, 0.25) is 0 Å². The molecule has 0 spiro atoms. The Bertz CT molecular complexity index is 2510. The molecule has 0 amide bonds. The number of aliphatic carboxylic acids is 1. The molecular formula is C54H68O10. The van der Waals surface area contributed by atoms with Crippen molar-refractivity contribution in [3.8, 4) is 34.5 Å². The van der Waals surface area contributed by atoms with E-state index < -0.39 is 28.7 Å². The number of carbonyl (C=O) groups is 2. The van der Waals surface area contributed by atoms with E-state index in [1.54, 1.807) is 27.0 Å². The summed E-state index contributed by atoms with van der Waals surface area (Å²) in [6, 6.07) is 8.53. The highest BCUT2D eigenvalue weighted by Crippen LogP contribution is 2.74. The van der Waals surface area contributed by atoms with E-state index in [-0.39, 0.29) is 56.7 Å². The van der Waals surface area contributed by atoms with Crippen molar-refractivity contribution in [1.29, 1.82) is 0 Å². The van der Waals surface area contributed by atoms with Gasteiger partial charge >= 0.3 is 5.97 Å². The maximum Gasteiger partial charge on any atom is 0.309 e. The van der Waals surface area contributed by atoms with Gasteiger partial charge in [0.25, 0.3) is 0 Å². The van der Waals surface area contributed by atoms with Crippen LogP contribution in [0.4, 0.5) is 0 Å². The molecule has 5 N–H and O–H groups in total. The zero-order valence-corrected chi connectivity index (χ0v) is 39.6. The summed E-state index contributed by atoms with van der Waals surface area (Å²) in [4.78, 5) is 25.4. The van der Waals surface area contributed by atoms with Gasteiger partial charge < -0.3 is 39.7 Å². The summed E-state index contributed by atoms with van der Waals surface area (Å²) >= 11 is 0. The molecule has 2 heterocycles. The molecule has 64 heavy (non-hydrogen) atoms. The minimum atomic E-state index is -0.758. The van der Waals surface area contributed by atoms with Crippen molar-refractivity contribution in [3.05, 3.63) is 87.0 Å². The number of fused-ring (bicyclic) bond motifs is 9. The SMILES string of the molecule is COc1c(CC(=O)c2cc3c(cc2O)OC(C)(C)C(O)C3)ccc2c1C=CC(C)(C)O2.Cc1c(O)c(O)cc2c1CC=C1C2(C)CCC2(C)C3CC(C)(C(=O)O)CCC3(C)CCC12C. The Hall–Kier alpha value is -4.96. The number of ketones is 1. The number of hydrogen-bond donors (Lipinski definition) is 5. The number of carbonyl (C=O) groups excluding carboxylic acids is 1. The lowest BCUT2D eigenvalue weighted by Gasteiger charge is -2.69. The first-order chi connectivity index (χ1) is 29.7. The topological polar surface area (TPSA) is 163 Å². The molecule has 3 saturated carbocycles. The number of aromatic hydroxyl groups is 3. The van der Waals surface area contributed by atoms with E-state index in [0.29, 0.717) is 40.7 Å². The van der Waals surface area contributed by atoms with Crippen molar-refractivity contribution in [3.63, 3.8) is 0 Å². The number of carboxylic acids is 1. The molecule has 0 aromatic heterocycles. The Balaban J connectivity index is 0.000000175. The lowest BCUT2D eigenvalue weighted by Crippen LogP contribution is -2.62. The maximum absolute atomic E-state index is 13.1. The van der Waals surface area contributed by atoms with Crippen molar-refractivity contribution in [2.24, 2.45) is 27.6 Å². The molecule has 10 nitrogen and oxygen atoms in total. The number of hydrogen-bond acceptors (Lipinski definition) is 9. The van der Waals surface area contributed by atoms with E-state index in [0.717, 1.165) is 68.1 Å². The lowest BCUT2D eigenvalue weighted by molar-refractivity contribution is -0.177. The van der Waals surface area contributed by atoms with E-state index in [4.69, 9.17) is 14.2 Å². The van der Waals surface area contributed by atoms with Crippen LogP contribution in [-0.2, 0) is 29.5 Å². The van der Waals surface area contributed by atoms with Crippen LogP contribution in [0.3, 0.4) is 0 Å². The second-order valence-electron chi connectivity index (χ2n) is 22.3. The third-order valence-corrected chi connectivity index (χ3v) is 17.5.